The van der Waals surface area contributed by atoms with E-state index in [-0.39, 0.29) is 18.6 Å². The fourth-order valence-corrected chi connectivity index (χ4v) is 2.41. The molecule has 1 atom stereocenters. The lowest BCUT2D eigenvalue weighted by Gasteiger charge is -2.31. The Kier molecular flexibility index (Phi) is 6.78. The smallest absolute Gasteiger partial charge is 0.317 e. The molecule has 2 N–H and O–H groups in total. The molecule has 6 heteroatoms. The Labute approximate surface area is 120 Å². The Morgan fingerprint density at radius 2 is 1.95 bits per heavy atom. The van der Waals surface area contributed by atoms with E-state index in [0.29, 0.717) is 25.6 Å². The molecule has 116 valence electrons. The van der Waals surface area contributed by atoms with Crippen LogP contribution in [0.15, 0.2) is 0 Å². The molecule has 0 aromatic rings. The molecule has 1 unspecified atom stereocenters. The largest absolute Gasteiger partial charge is 0.481 e. The van der Waals surface area contributed by atoms with Crippen LogP contribution in [-0.4, -0.2) is 54.9 Å². The zero-order valence-corrected chi connectivity index (χ0v) is 12.6. The second kappa shape index (κ2) is 8.09. The highest BCUT2D eigenvalue weighted by atomic mass is 16.5. The van der Waals surface area contributed by atoms with Crippen LogP contribution in [-0.2, 0) is 9.53 Å². The number of hydrogen-bond donors (Lipinski definition) is 2. The van der Waals surface area contributed by atoms with E-state index in [1.54, 1.807) is 11.9 Å². The number of hydrogen-bond acceptors (Lipinski definition) is 3. The van der Waals surface area contributed by atoms with Crippen LogP contribution in [0.3, 0.4) is 0 Å². The van der Waals surface area contributed by atoms with Gasteiger partial charge in [-0.1, -0.05) is 13.8 Å². The minimum absolute atomic E-state index is 0.178. The van der Waals surface area contributed by atoms with E-state index in [1.165, 1.54) is 0 Å². The molecular weight excluding hydrogens is 260 g/mol. The summed E-state index contributed by atoms with van der Waals surface area (Å²) in [6.07, 6.45) is 2.23. The van der Waals surface area contributed by atoms with E-state index in [9.17, 15) is 9.59 Å². The first-order chi connectivity index (χ1) is 9.41. The minimum Gasteiger partial charge on any atom is -0.481 e. The molecular formula is C14H26N2O4. The monoisotopic (exact) mass is 286 g/mol. The number of rotatable bonds is 6. The maximum absolute atomic E-state index is 12.0. The van der Waals surface area contributed by atoms with Crippen molar-refractivity contribution in [1.82, 2.24) is 10.2 Å². The predicted octanol–water partition coefficient (Wildman–Crippen LogP) is 1.55. The molecule has 6 nitrogen and oxygen atoms in total. The molecule has 0 spiro atoms. The predicted molar refractivity (Wildman–Crippen MR) is 75.6 cm³/mol. The van der Waals surface area contributed by atoms with E-state index in [0.717, 1.165) is 12.8 Å². The van der Waals surface area contributed by atoms with E-state index < -0.39 is 11.9 Å². The van der Waals surface area contributed by atoms with Crippen LogP contribution in [0.5, 0.6) is 0 Å². The Balaban J connectivity index is 2.41. The highest BCUT2D eigenvalue weighted by molar-refractivity contribution is 5.76. The molecule has 1 heterocycles. The summed E-state index contributed by atoms with van der Waals surface area (Å²) in [4.78, 5) is 24.8. The SMILES string of the molecule is CC(C)CC(CNC(=O)N(C)C1CCOCC1)C(=O)O. The van der Waals surface area contributed by atoms with Crippen molar-refractivity contribution in [1.29, 1.82) is 0 Å². The van der Waals surface area contributed by atoms with E-state index in [2.05, 4.69) is 5.32 Å². The van der Waals surface area contributed by atoms with Crippen molar-refractivity contribution in [3.8, 4) is 0 Å². The Morgan fingerprint density at radius 3 is 2.45 bits per heavy atom. The van der Waals surface area contributed by atoms with Gasteiger partial charge in [0.05, 0.1) is 5.92 Å². The maximum Gasteiger partial charge on any atom is 0.317 e. The summed E-state index contributed by atoms with van der Waals surface area (Å²) < 4.78 is 5.27. The molecule has 1 aliphatic rings. The van der Waals surface area contributed by atoms with Crippen molar-refractivity contribution < 1.29 is 19.4 Å². The number of carboxylic acid groups (broad SMARTS) is 1. The number of nitrogens with zero attached hydrogens (tertiary/aromatic N) is 1. The molecule has 1 rings (SSSR count). The summed E-state index contributed by atoms with van der Waals surface area (Å²) >= 11 is 0. The topological polar surface area (TPSA) is 78.9 Å². The average Bonchev–Trinajstić information content (AvgIpc) is 2.42. The summed E-state index contributed by atoms with van der Waals surface area (Å²) in [7, 11) is 1.75. The third-order valence-corrected chi connectivity index (χ3v) is 3.66. The van der Waals surface area contributed by atoms with E-state index >= 15 is 0 Å². The molecule has 0 aromatic heterocycles. The number of urea groups is 1. The van der Waals surface area contributed by atoms with Crippen LogP contribution in [0.1, 0.15) is 33.1 Å². The van der Waals surface area contributed by atoms with Gasteiger partial charge in [0.25, 0.3) is 0 Å². The van der Waals surface area contributed by atoms with E-state index in [4.69, 9.17) is 9.84 Å². The van der Waals surface area contributed by atoms with Gasteiger partial charge < -0.3 is 20.1 Å². The van der Waals surface area contributed by atoms with Crippen molar-refractivity contribution in [2.45, 2.75) is 39.2 Å². The van der Waals surface area contributed by atoms with Crippen molar-refractivity contribution in [3.05, 3.63) is 0 Å². The zero-order valence-electron chi connectivity index (χ0n) is 12.6. The van der Waals surface area contributed by atoms with Crippen LogP contribution in [0, 0.1) is 11.8 Å². The number of carbonyl (C=O) groups excluding carboxylic acids is 1. The Morgan fingerprint density at radius 1 is 1.35 bits per heavy atom. The molecule has 0 saturated carbocycles. The minimum atomic E-state index is -0.854. The maximum atomic E-state index is 12.0. The fourth-order valence-electron chi connectivity index (χ4n) is 2.41. The van der Waals surface area contributed by atoms with Crippen LogP contribution in [0.4, 0.5) is 4.79 Å². The van der Waals surface area contributed by atoms with Gasteiger partial charge in [-0.25, -0.2) is 4.79 Å². The molecule has 1 fully saturated rings. The quantitative estimate of drug-likeness (QED) is 0.776. The molecule has 0 bridgehead atoms. The average molecular weight is 286 g/mol. The number of carbonyl (C=O) groups is 2. The number of nitrogens with one attached hydrogen (secondary N) is 1. The highest BCUT2D eigenvalue weighted by Gasteiger charge is 2.24. The van der Waals surface area contributed by atoms with Gasteiger partial charge in [-0.3, -0.25) is 4.79 Å². The number of aliphatic carboxylic acids is 1. The Bertz CT molecular complexity index is 327. The summed E-state index contributed by atoms with van der Waals surface area (Å²) in [5.74, 6) is -1.09. The highest BCUT2D eigenvalue weighted by Crippen LogP contribution is 2.14. The molecule has 1 saturated heterocycles. The van der Waals surface area contributed by atoms with Gasteiger partial charge in [-0.05, 0) is 25.2 Å². The molecule has 1 aliphatic heterocycles. The molecule has 2 amide bonds. The van der Waals surface area contributed by atoms with Gasteiger partial charge in [0.2, 0.25) is 0 Å². The van der Waals surface area contributed by atoms with Crippen LogP contribution in [0.2, 0.25) is 0 Å². The third kappa shape index (κ3) is 5.36. The molecule has 0 aromatic carbocycles. The van der Waals surface area contributed by atoms with Gasteiger partial charge in [0, 0.05) is 32.8 Å². The first kappa shape index (κ1) is 16.8. The van der Waals surface area contributed by atoms with Crippen molar-refractivity contribution in [3.63, 3.8) is 0 Å². The van der Waals surface area contributed by atoms with Gasteiger partial charge >= 0.3 is 12.0 Å². The molecule has 0 radical (unpaired) electrons. The molecule has 20 heavy (non-hydrogen) atoms. The summed E-state index contributed by atoms with van der Waals surface area (Å²) in [5.41, 5.74) is 0. The van der Waals surface area contributed by atoms with Crippen LogP contribution in [0.25, 0.3) is 0 Å². The van der Waals surface area contributed by atoms with Gasteiger partial charge in [0.1, 0.15) is 0 Å². The number of amides is 2. The first-order valence-electron chi connectivity index (χ1n) is 7.23. The number of carboxylic acids is 1. The number of ether oxygens (including phenoxy) is 1. The summed E-state index contributed by atoms with van der Waals surface area (Å²) in [6, 6.07) is -0.0240. The fraction of sp³-hybridized carbons (Fsp3) is 0.857. The Hall–Kier alpha value is -1.30. The lowest BCUT2D eigenvalue weighted by molar-refractivity contribution is -0.142. The van der Waals surface area contributed by atoms with Gasteiger partial charge in [-0.15, -0.1) is 0 Å². The normalized spacial score (nSPS) is 17.8. The first-order valence-corrected chi connectivity index (χ1v) is 7.23. The zero-order chi connectivity index (χ0) is 15.1. The van der Waals surface area contributed by atoms with Crippen LogP contribution < -0.4 is 5.32 Å². The van der Waals surface area contributed by atoms with Crippen LogP contribution >= 0.6 is 0 Å². The molecule has 0 aliphatic carbocycles. The summed E-state index contributed by atoms with van der Waals surface area (Å²) in [5, 5.41) is 11.9. The lowest BCUT2D eigenvalue weighted by Crippen LogP contribution is -2.47. The van der Waals surface area contributed by atoms with Gasteiger partial charge in [-0.2, -0.15) is 0 Å². The second-order valence-corrected chi connectivity index (χ2v) is 5.81. The third-order valence-electron chi connectivity index (χ3n) is 3.66. The van der Waals surface area contributed by atoms with Crippen molar-refractivity contribution in [2.24, 2.45) is 11.8 Å². The summed E-state index contributed by atoms with van der Waals surface area (Å²) in [6.45, 7) is 5.48. The second-order valence-electron chi connectivity index (χ2n) is 5.81. The van der Waals surface area contributed by atoms with E-state index in [1.807, 2.05) is 13.8 Å². The lowest BCUT2D eigenvalue weighted by atomic mass is 9.97. The van der Waals surface area contributed by atoms with Crippen molar-refractivity contribution >= 4 is 12.0 Å². The van der Waals surface area contributed by atoms with Crippen molar-refractivity contribution in [2.75, 3.05) is 26.8 Å². The standard InChI is InChI=1S/C14H26N2O4/c1-10(2)8-11(13(17)18)9-15-14(19)16(3)12-4-6-20-7-5-12/h10-12H,4-9H2,1-3H3,(H,15,19)(H,17,18). The van der Waals surface area contributed by atoms with Gasteiger partial charge in [0.15, 0.2) is 0 Å².